The van der Waals surface area contributed by atoms with Crippen LogP contribution in [0.5, 0.6) is 0 Å². The van der Waals surface area contributed by atoms with Crippen LogP contribution in [0.2, 0.25) is 5.02 Å². The number of nitrogens with zero attached hydrogens (tertiary/aromatic N) is 1. The van der Waals surface area contributed by atoms with Crippen molar-refractivity contribution >= 4 is 29.3 Å². The summed E-state index contributed by atoms with van der Waals surface area (Å²) in [5, 5.41) is 14.6. The Bertz CT molecular complexity index is 1020. The molecular formula is C22H20ClN3O3. The molecule has 0 aliphatic heterocycles. The summed E-state index contributed by atoms with van der Waals surface area (Å²) in [6.07, 6.45) is 0.673. The second-order valence-electron chi connectivity index (χ2n) is 6.60. The van der Waals surface area contributed by atoms with Crippen LogP contribution in [0.15, 0.2) is 66.9 Å². The van der Waals surface area contributed by atoms with Crippen molar-refractivity contribution in [3.8, 4) is 11.1 Å². The Morgan fingerprint density at radius 1 is 1.07 bits per heavy atom. The molecule has 0 aliphatic carbocycles. The molecule has 29 heavy (non-hydrogen) atoms. The summed E-state index contributed by atoms with van der Waals surface area (Å²) in [5.41, 5.74) is 3.93. The van der Waals surface area contributed by atoms with Crippen molar-refractivity contribution in [1.82, 2.24) is 10.3 Å². The summed E-state index contributed by atoms with van der Waals surface area (Å²) in [4.78, 5) is 28.1. The fraction of sp³-hybridized carbons (Fsp3) is 0.136. The number of halogens is 1. The van der Waals surface area contributed by atoms with Gasteiger partial charge in [0.25, 0.3) is 0 Å². The van der Waals surface area contributed by atoms with Gasteiger partial charge in [-0.1, -0.05) is 41.9 Å². The van der Waals surface area contributed by atoms with Gasteiger partial charge in [-0.25, -0.2) is 4.79 Å². The van der Waals surface area contributed by atoms with Crippen molar-refractivity contribution < 1.29 is 14.7 Å². The number of aryl methyl sites for hydroxylation is 1. The van der Waals surface area contributed by atoms with Gasteiger partial charge in [0.1, 0.15) is 6.04 Å². The first-order valence-electron chi connectivity index (χ1n) is 8.98. The molecule has 0 spiro atoms. The van der Waals surface area contributed by atoms with Crippen LogP contribution >= 0.6 is 11.6 Å². The van der Waals surface area contributed by atoms with E-state index in [0.717, 1.165) is 22.4 Å². The average Bonchev–Trinajstić information content (AvgIpc) is 2.67. The zero-order chi connectivity index (χ0) is 20.8. The van der Waals surface area contributed by atoms with Crippen LogP contribution in [-0.4, -0.2) is 28.1 Å². The molecule has 3 N–H and O–H groups in total. The SMILES string of the molecule is Cc1cc(-c2cc(Cl)cc(NC(=O)[C@H](Cc3ccccc3)NC(=O)O)c2)ccn1. The third-order valence-electron chi connectivity index (χ3n) is 4.29. The van der Waals surface area contributed by atoms with Gasteiger partial charge in [-0.3, -0.25) is 9.78 Å². The Labute approximate surface area is 173 Å². The maximum Gasteiger partial charge on any atom is 0.405 e. The van der Waals surface area contributed by atoms with Gasteiger partial charge in [0.2, 0.25) is 5.91 Å². The number of hydrogen-bond donors (Lipinski definition) is 3. The normalized spacial score (nSPS) is 11.5. The van der Waals surface area contributed by atoms with E-state index >= 15 is 0 Å². The predicted octanol–water partition coefficient (Wildman–Crippen LogP) is 4.53. The number of rotatable bonds is 6. The number of anilines is 1. The van der Waals surface area contributed by atoms with Gasteiger partial charge in [0, 0.05) is 29.0 Å². The molecule has 3 rings (SSSR count). The van der Waals surface area contributed by atoms with Gasteiger partial charge in [-0.05, 0) is 53.9 Å². The number of carbonyl (C=O) groups excluding carboxylic acids is 1. The van der Waals surface area contributed by atoms with Crippen LogP contribution in [0, 0.1) is 6.92 Å². The summed E-state index contributed by atoms with van der Waals surface area (Å²) >= 11 is 6.24. The third kappa shape index (κ3) is 5.80. The molecular weight excluding hydrogens is 390 g/mol. The second-order valence-corrected chi connectivity index (χ2v) is 7.03. The van der Waals surface area contributed by atoms with Crippen molar-refractivity contribution in [2.24, 2.45) is 0 Å². The lowest BCUT2D eigenvalue weighted by molar-refractivity contribution is -0.118. The van der Waals surface area contributed by atoms with Gasteiger partial charge >= 0.3 is 6.09 Å². The molecule has 6 nitrogen and oxygen atoms in total. The lowest BCUT2D eigenvalue weighted by Crippen LogP contribution is -2.44. The van der Waals surface area contributed by atoms with Gasteiger partial charge in [-0.15, -0.1) is 0 Å². The molecule has 148 valence electrons. The molecule has 0 fully saturated rings. The van der Waals surface area contributed by atoms with Crippen molar-refractivity contribution in [3.63, 3.8) is 0 Å². The van der Waals surface area contributed by atoms with E-state index in [1.807, 2.05) is 49.4 Å². The summed E-state index contributed by atoms with van der Waals surface area (Å²) in [7, 11) is 0. The van der Waals surface area contributed by atoms with Crippen LogP contribution in [0.4, 0.5) is 10.5 Å². The highest BCUT2D eigenvalue weighted by Gasteiger charge is 2.21. The molecule has 2 amide bonds. The van der Waals surface area contributed by atoms with Crippen molar-refractivity contribution in [2.45, 2.75) is 19.4 Å². The monoisotopic (exact) mass is 409 g/mol. The molecule has 7 heteroatoms. The number of carbonyl (C=O) groups is 2. The molecule has 0 bridgehead atoms. The Kier molecular flexibility index (Phi) is 6.46. The number of benzene rings is 2. The highest BCUT2D eigenvalue weighted by atomic mass is 35.5. The first-order chi connectivity index (χ1) is 13.9. The van der Waals surface area contributed by atoms with Gasteiger partial charge in [0.05, 0.1) is 0 Å². The minimum Gasteiger partial charge on any atom is -0.465 e. The van der Waals surface area contributed by atoms with Gasteiger partial charge in [-0.2, -0.15) is 0 Å². The van der Waals surface area contributed by atoms with E-state index in [1.54, 1.807) is 24.4 Å². The number of amides is 2. The minimum absolute atomic E-state index is 0.232. The molecule has 0 saturated carbocycles. The lowest BCUT2D eigenvalue weighted by atomic mass is 10.0. The topological polar surface area (TPSA) is 91.3 Å². The number of aromatic nitrogens is 1. The van der Waals surface area contributed by atoms with E-state index in [0.29, 0.717) is 10.7 Å². The standard InChI is InChI=1S/C22H20ClN3O3/c1-14-9-16(7-8-24-14)17-11-18(23)13-19(12-17)25-21(27)20(26-22(28)29)10-15-5-3-2-4-6-15/h2-9,11-13,20,26H,10H2,1H3,(H,25,27)(H,28,29)/t20-/m0/s1. The van der Waals surface area contributed by atoms with Crippen LogP contribution in [-0.2, 0) is 11.2 Å². The largest absolute Gasteiger partial charge is 0.465 e. The first-order valence-corrected chi connectivity index (χ1v) is 9.36. The first kappa shape index (κ1) is 20.4. The molecule has 1 atom stereocenters. The van der Waals surface area contributed by atoms with E-state index in [9.17, 15) is 9.59 Å². The number of pyridine rings is 1. The highest BCUT2D eigenvalue weighted by molar-refractivity contribution is 6.31. The quantitative estimate of drug-likeness (QED) is 0.557. The van der Waals surface area contributed by atoms with Gasteiger partial charge < -0.3 is 15.7 Å². The maximum absolute atomic E-state index is 12.8. The van der Waals surface area contributed by atoms with Crippen molar-refractivity contribution in [3.05, 3.63) is 83.1 Å². The van der Waals surface area contributed by atoms with E-state index in [1.165, 1.54) is 0 Å². The van der Waals surface area contributed by atoms with Crippen LogP contribution < -0.4 is 10.6 Å². The predicted molar refractivity (Wildman–Crippen MR) is 113 cm³/mol. The summed E-state index contributed by atoms with van der Waals surface area (Å²) in [6.45, 7) is 1.89. The molecule has 0 unspecified atom stereocenters. The minimum atomic E-state index is -1.26. The number of carboxylic acid groups (broad SMARTS) is 1. The van der Waals surface area contributed by atoms with Crippen molar-refractivity contribution in [2.75, 3.05) is 5.32 Å². The smallest absolute Gasteiger partial charge is 0.405 e. The van der Waals surface area contributed by atoms with Crippen molar-refractivity contribution in [1.29, 1.82) is 0 Å². The van der Waals surface area contributed by atoms with E-state index in [-0.39, 0.29) is 6.42 Å². The molecule has 1 heterocycles. The molecule has 2 aromatic carbocycles. The Balaban J connectivity index is 1.82. The van der Waals surface area contributed by atoms with E-state index in [2.05, 4.69) is 15.6 Å². The Morgan fingerprint density at radius 2 is 1.83 bits per heavy atom. The average molecular weight is 410 g/mol. The van der Waals surface area contributed by atoms with Gasteiger partial charge in [0.15, 0.2) is 0 Å². The molecule has 0 aliphatic rings. The lowest BCUT2D eigenvalue weighted by Gasteiger charge is -2.17. The second kappa shape index (κ2) is 9.21. The summed E-state index contributed by atoms with van der Waals surface area (Å²) in [5.74, 6) is -0.463. The highest BCUT2D eigenvalue weighted by Crippen LogP contribution is 2.27. The Morgan fingerprint density at radius 3 is 2.52 bits per heavy atom. The fourth-order valence-corrected chi connectivity index (χ4v) is 3.23. The number of hydrogen-bond acceptors (Lipinski definition) is 3. The number of nitrogens with one attached hydrogen (secondary N) is 2. The zero-order valence-corrected chi connectivity index (χ0v) is 16.5. The maximum atomic E-state index is 12.8. The molecule has 1 aromatic heterocycles. The van der Waals surface area contributed by atoms with Crippen LogP contribution in [0.25, 0.3) is 11.1 Å². The van der Waals surface area contributed by atoms with Crippen LogP contribution in [0.1, 0.15) is 11.3 Å². The summed E-state index contributed by atoms with van der Waals surface area (Å²) in [6, 6.07) is 17.3. The fourth-order valence-electron chi connectivity index (χ4n) is 2.99. The van der Waals surface area contributed by atoms with E-state index < -0.39 is 18.0 Å². The molecule has 0 radical (unpaired) electrons. The third-order valence-corrected chi connectivity index (χ3v) is 4.51. The van der Waals surface area contributed by atoms with E-state index in [4.69, 9.17) is 16.7 Å². The summed E-state index contributed by atoms with van der Waals surface area (Å²) < 4.78 is 0. The molecule has 3 aromatic rings. The Hall–Kier alpha value is -3.38. The zero-order valence-electron chi connectivity index (χ0n) is 15.7. The molecule has 0 saturated heterocycles. The van der Waals surface area contributed by atoms with Crippen LogP contribution in [0.3, 0.4) is 0 Å².